The van der Waals surface area contributed by atoms with Crippen molar-refractivity contribution in [1.29, 1.82) is 0 Å². The molecule has 0 saturated heterocycles. The zero-order valence-corrected chi connectivity index (χ0v) is 12.0. The molecule has 1 aromatic carbocycles. The van der Waals surface area contributed by atoms with Gasteiger partial charge in [0.25, 0.3) is 5.91 Å². The second-order valence-electron chi connectivity index (χ2n) is 4.82. The molecule has 0 radical (unpaired) electrons. The third-order valence-corrected chi connectivity index (χ3v) is 3.14. The van der Waals surface area contributed by atoms with Crippen LogP contribution in [0.4, 0.5) is 10.2 Å². The molecule has 0 unspecified atom stereocenters. The summed E-state index contributed by atoms with van der Waals surface area (Å²) in [5.41, 5.74) is 7.07. The summed E-state index contributed by atoms with van der Waals surface area (Å²) in [5.74, 6) is -0.0342. The van der Waals surface area contributed by atoms with Gasteiger partial charge < -0.3 is 15.5 Å². The maximum atomic E-state index is 12.8. The van der Waals surface area contributed by atoms with Gasteiger partial charge in [-0.05, 0) is 29.8 Å². The molecule has 3 rings (SSSR count). The Kier molecular flexibility index (Phi) is 4.01. The Bertz CT molecular complexity index is 813. The van der Waals surface area contributed by atoms with Crippen LogP contribution in [0.1, 0.15) is 16.1 Å². The number of nitrogen functional groups attached to an aromatic ring is 1. The van der Waals surface area contributed by atoms with Gasteiger partial charge in [0.05, 0.1) is 5.56 Å². The van der Waals surface area contributed by atoms with E-state index in [0.717, 1.165) is 5.56 Å². The first-order valence-corrected chi connectivity index (χ1v) is 6.82. The second kappa shape index (κ2) is 6.27. The topological polar surface area (TPSA) is 94.0 Å². The monoisotopic (exact) mass is 312 g/mol. The zero-order chi connectivity index (χ0) is 16.2. The molecule has 116 valence electrons. The van der Waals surface area contributed by atoms with E-state index >= 15 is 0 Å². The lowest BCUT2D eigenvalue weighted by Crippen LogP contribution is -2.23. The highest BCUT2D eigenvalue weighted by atomic mass is 19.1. The van der Waals surface area contributed by atoms with Crippen molar-refractivity contribution in [2.45, 2.75) is 6.54 Å². The number of oxazole rings is 1. The number of hydrogen-bond donors (Lipinski definition) is 2. The molecular formula is C16H13FN4O2. The maximum Gasteiger partial charge on any atom is 0.273 e. The lowest BCUT2D eigenvalue weighted by Gasteiger charge is -2.02. The van der Waals surface area contributed by atoms with Gasteiger partial charge in [-0.2, -0.15) is 0 Å². The van der Waals surface area contributed by atoms with E-state index in [-0.39, 0.29) is 29.9 Å². The first-order valence-electron chi connectivity index (χ1n) is 6.82. The Morgan fingerprint density at radius 3 is 2.70 bits per heavy atom. The van der Waals surface area contributed by atoms with Crippen molar-refractivity contribution in [2.75, 3.05) is 5.73 Å². The van der Waals surface area contributed by atoms with Crippen LogP contribution in [0.3, 0.4) is 0 Å². The number of halogens is 1. The highest BCUT2D eigenvalue weighted by molar-refractivity contribution is 5.92. The van der Waals surface area contributed by atoms with Gasteiger partial charge in [-0.25, -0.2) is 14.4 Å². The fourth-order valence-corrected chi connectivity index (χ4v) is 1.92. The first kappa shape index (κ1) is 14.7. The number of hydrogen-bond acceptors (Lipinski definition) is 5. The molecule has 0 atom stereocenters. The number of amides is 1. The van der Waals surface area contributed by atoms with Crippen molar-refractivity contribution in [3.63, 3.8) is 0 Å². The fourth-order valence-electron chi connectivity index (χ4n) is 1.92. The molecule has 7 heteroatoms. The number of anilines is 1. The molecule has 0 aliphatic heterocycles. The van der Waals surface area contributed by atoms with Crippen LogP contribution in [0.25, 0.3) is 11.5 Å². The van der Waals surface area contributed by atoms with E-state index in [0.29, 0.717) is 11.4 Å². The van der Waals surface area contributed by atoms with E-state index in [1.54, 1.807) is 24.3 Å². The average molecular weight is 312 g/mol. The van der Waals surface area contributed by atoms with E-state index < -0.39 is 0 Å². The Morgan fingerprint density at radius 1 is 1.22 bits per heavy atom. The number of nitrogens with one attached hydrogen (secondary N) is 1. The fraction of sp³-hybridized carbons (Fsp3) is 0.0625. The SMILES string of the molecule is Nc1ccc(-c2nc(C(=O)NCc3ccc(F)cc3)co2)cn1. The number of nitrogens with zero attached hydrogens (tertiary/aromatic N) is 2. The van der Waals surface area contributed by atoms with E-state index in [1.807, 2.05) is 0 Å². The van der Waals surface area contributed by atoms with Crippen molar-refractivity contribution < 1.29 is 13.6 Å². The largest absolute Gasteiger partial charge is 0.444 e. The van der Waals surface area contributed by atoms with Crippen LogP contribution in [0.15, 0.2) is 53.3 Å². The van der Waals surface area contributed by atoms with Crippen LogP contribution in [0.2, 0.25) is 0 Å². The molecule has 23 heavy (non-hydrogen) atoms. The quantitative estimate of drug-likeness (QED) is 0.771. The minimum atomic E-state index is -0.382. The van der Waals surface area contributed by atoms with Crippen LogP contribution < -0.4 is 11.1 Å². The molecule has 1 amide bonds. The Morgan fingerprint density at radius 2 is 2.00 bits per heavy atom. The molecule has 2 heterocycles. The van der Waals surface area contributed by atoms with Crippen molar-refractivity contribution >= 4 is 11.7 Å². The van der Waals surface area contributed by atoms with E-state index in [4.69, 9.17) is 10.2 Å². The average Bonchev–Trinajstić information content (AvgIpc) is 3.05. The summed E-state index contributed by atoms with van der Waals surface area (Å²) in [5, 5.41) is 2.69. The van der Waals surface area contributed by atoms with Crippen LogP contribution in [0.5, 0.6) is 0 Å². The van der Waals surface area contributed by atoms with Gasteiger partial charge in [-0.1, -0.05) is 12.1 Å². The smallest absolute Gasteiger partial charge is 0.273 e. The highest BCUT2D eigenvalue weighted by Gasteiger charge is 2.13. The lowest BCUT2D eigenvalue weighted by atomic mass is 10.2. The maximum absolute atomic E-state index is 12.8. The lowest BCUT2D eigenvalue weighted by molar-refractivity contribution is 0.0946. The Hall–Kier alpha value is -3.22. The number of pyridine rings is 1. The summed E-state index contributed by atoms with van der Waals surface area (Å²) in [7, 11) is 0. The number of carbonyl (C=O) groups excluding carboxylic acids is 1. The number of nitrogens with two attached hydrogens (primary N) is 1. The van der Waals surface area contributed by atoms with Crippen molar-refractivity contribution in [2.24, 2.45) is 0 Å². The molecule has 0 saturated carbocycles. The van der Waals surface area contributed by atoms with Gasteiger partial charge in [-0.15, -0.1) is 0 Å². The van der Waals surface area contributed by atoms with Crippen LogP contribution in [0, 0.1) is 5.82 Å². The molecule has 6 nitrogen and oxygen atoms in total. The summed E-state index contributed by atoms with van der Waals surface area (Å²) < 4.78 is 18.1. The number of carbonyl (C=O) groups is 1. The summed E-state index contributed by atoms with van der Waals surface area (Å²) >= 11 is 0. The molecule has 3 N–H and O–H groups in total. The van der Waals surface area contributed by atoms with Crippen molar-refractivity contribution in [3.05, 3.63) is 65.9 Å². The normalized spacial score (nSPS) is 10.5. The zero-order valence-electron chi connectivity index (χ0n) is 12.0. The molecule has 2 aromatic heterocycles. The Labute approximate surface area is 131 Å². The second-order valence-corrected chi connectivity index (χ2v) is 4.82. The van der Waals surface area contributed by atoms with Crippen molar-refractivity contribution in [3.8, 4) is 11.5 Å². The van der Waals surface area contributed by atoms with Crippen LogP contribution >= 0.6 is 0 Å². The molecule has 0 spiro atoms. The van der Waals surface area contributed by atoms with E-state index in [9.17, 15) is 9.18 Å². The molecule has 0 bridgehead atoms. The van der Waals surface area contributed by atoms with Gasteiger partial charge in [-0.3, -0.25) is 4.79 Å². The summed E-state index contributed by atoms with van der Waals surface area (Å²) in [4.78, 5) is 20.1. The Balaban J connectivity index is 1.66. The number of benzene rings is 1. The third kappa shape index (κ3) is 3.52. The highest BCUT2D eigenvalue weighted by Crippen LogP contribution is 2.18. The van der Waals surface area contributed by atoms with Gasteiger partial charge in [0.2, 0.25) is 5.89 Å². The first-order chi connectivity index (χ1) is 11.1. The minimum Gasteiger partial charge on any atom is -0.444 e. The van der Waals surface area contributed by atoms with Crippen LogP contribution in [-0.2, 0) is 6.54 Å². The van der Waals surface area contributed by atoms with Gasteiger partial charge in [0.15, 0.2) is 5.69 Å². The molecular weight excluding hydrogens is 299 g/mol. The molecule has 3 aromatic rings. The summed E-state index contributed by atoms with van der Waals surface area (Å²) in [6.07, 6.45) is 2.78. The molecule has 0 aliphatic carbocycles. The number of aromatic nitrogens is 2. The summed E-state index contributed by atoms with van der Waals surface area (Å²) in [6.45, 7) is 0.269. The van der Waals surface area contributed by atoms with Gasteiger partial charge >= 0.3 is 0 Å². The summed E-state index contributed by atoms with van der Waals surface area (Å²) in [6, 6.07) is 9.20. The standard InChI is InChI=1S/C16H13FN4O2/c17-12-4-1-10(2-5-12)7-20-15(22)13-9-23-16(21-13)11-3-6-14(18)19-8-11/h1-6,8-9H,7H2,(H2,18,19)(H,20,22). The van der Waals surface area contributed by atoms with Crippen LogP contribution in [-0.4, -0.2) is 15.9 Å². The van der Waals surface area contributed by atoms with E-state index in [1.165, 1.54) is 24.6 Å². The predicted octanol–water partition coefficient (Wildman–Crippen LogP) is 2.39. The van der Waals surface area contributed by atoms with Crippen molar-refractivity contribution in [1.82, 2.24) is 15.3 Å². The number of rotatable bonds is 4. The van der Waals surface area contributed by atoms with Gasteiger partial charge in [0.1, 0.15) is 17.9 Å². The minimum absolute atomic E-state index is 0.152. The molecule has 0 aliphatic rings. The predicted molar refractivity (Wildman–Crippen MR) is 81.7 cm³/mol. The molecule has 0 fully saturated rings. The van der Waals surface area contributed by atoms with Gasteiger partial charge in [0, 0.05) is 12.7 Å². The van der Waals surface area contributed by atoms with E-state index in [2.05, 4.69) is 15.3 Å². The third-order valence-electron chi connectivity index (χ3n) is 3.14.